The van der Waals surface area contributed by atoms with E-state index in [9.17, 15) is 4.79 Å². The first-order valence-corrected chi connectivity index (χ1v) is 5.31. The lowest BCUT2D eigenvalue weighted by molar-refractivity contribution is -0.139. The molecule has 4 nitrogen and oxygen atoms in total. The van der Waals surface area contributed by atoms with Gasteiger partial charge in [-0.3, -0.25) is 4.79 Å². The first kappa shape index (κ1) is 11.0. The van der Waals surface area contributed by atoms with Crippen molar-refractivity contribution in [2.45, 2.75) is 18.4 Å². The molecular formula is C12H15NO3. The number of carboxylic acids is 1. The summed E-state index contributed by atoms with van der Waals surface area (Å²) in [5, 5.41) is 11.9. The zero-order chi connectivity index (χ0) is 11.5. The molecule has 1 aliphatic rings. The summed E-state index contributed by atoms with van der Waals surface area (Å²) in [5.41, 5.74) is 1.08. The Morgan fingerprint density at radius 3 is 2.88 bits per heavy atom. The molecule has 86 valence electrons. The molecule has 1 saturated heterocycles. The molecule has 1 fully saturated rings. The minimum atomic E-state index is -0.780. The van der Waals surface area contributed by atoms with Gasteiger partial charge in [-0.2, -0.15) is 0 Å². The standard InChI is InChI=1S/C12H15NO3/c1-16-11-5-3-2-4-9(11)8-6-10(12(14)15)13-7-8/h2-5,8,10,13H,6-7H2,1H3,(H,14,15)/t8-,10-/m0/s1. The molecule has 16 heavy (non-hydrogen) atoms. The molecule has 1 aromatic rings. The number of methoxy groups -OCH3 is 1. The Labute approximate surface area is 94.2 Å². The van der Waals surface area contributed by atoms with Crippen LogP contribution >= 0.6 is 0 Å². The molecule has 0 amide bonds. The van der Waals surface area contributed by atoms with Gasteiger partial charge in [-0.05, 0) is 18.1 Å². The number of para-hydroxylation sites is 1. The highest BCUT2D eigenvalue weighted by Crippen LogP contribution is 2.32. The Hall–Kier alpha value is -1.55. The topological polar surface area (TPSA) is 58.6 Å². The van der Waals surface area contributed by atoms with E-state index in [1.165, 1.54) is 0 Å². The van der Waals surface area contributed by atoms with Crippen molar-refractivity contribution in [2.75, 3.05) is 13.7 Å². The molecule has 0 aromatic heterocycles. The lowest BCUT2D eigenvalue weighted by Crippen LogP contribution is -2.29. The molecule has 1 aromatic carbocycles. The van der Waals surface area contributed by atoms with Gasteiger partial charge in [-0.25, -0.2) is 0 Å². The van der Waals surface area contributed by atoms with Crippen molar-refractivity contribution in [1.29, 1.82) is 0 Å². The Morgan fingerprint density at radius 2 is 2.25 bits per heavy atom. The molecule has 4 heteroatoms. The van der Waals surface area contributed by atoms with E-state index >= 15 is 0 Å². The summed E-state index contributed by atoms with van der Waals surface area (Å²) in [6.45, 7) is 0.692. The predicted molar refractivity (Wildman–Crippen MR) is 59.8 cm³/mol. The number of rotatable bonds is 3. The van der Waals surface area contributed by atoms with Crippen LogP contribution < -0.4 is 10.1 Å². The van der Waals surface area contributed by atoms with E-state index in [0.717, 1.165) is 11.3 Å². The Morgan fingerprint density at radius 1 is 1.50 bits per heavy atom. The lowest BCUT2D eigenvalue weighted by atomic mass is 9.95. The van der Waals surface area contributed by atoms with E-state index in [4.69, 9.17) is 9.84 Å². The quantitative estimate of drug-likeness (QED) is 0.806. The molecule has 0 aliphatic carbocycles. The normalized spacial score (nSPS) is 24.3. The number of hydrogen-bond acceptors (Lipinski definition) is 3. The van der Waals surface area contributed by atoms with E-state index in [0.29, 0.717) is 13.0 Å². The van der Waals surface area contributed by atoms with Gasteiger partial charge in [-0.1, -0.05) is 18.2 Å². The fraction of sp³-hybridized carbons (Fsp3) is 0.417. The van der Waals surface area contributed by atoms with Gasteiger partial charge in [0.25, 0.3) is 0 Å². The molecule has 2 atom stereocenters. The molecule has 2 rings (SSSR count). The highest BCUT2D eigenvalue weighted by atomic mass is 16.5. The number of ether oxygens (including phenoxy) is 1. The van der Waals surface area contributed by atoms with E-state index in [2.05, 4.69) is 5.32 Å². The molecule has 2 N–H and O–H groups in total. The smallest absolute Gasteiger partial charge is 0.320 e. The van der Waals surface area contributed by atoms with Crippen molar-refractivity contribution in [3.63, 3.8) is 0 Å². The van der Waals surface area contributed by atoms with Crippen LogP contribution in [0.25, 0.3) is 0 Å². The second-order valence-electron chi connectivity index (χ2n) is 3.97. The summed E-state index contributed by atoms with van der Waals surface area (Å²) >= 11 is 0. The van der Waals surface area contributed by atoms with Crippen LogP contribution in [0.5, 0.6) is 5.75 Å². The second-order valence-corrected chi connectivity index (χ2v) is 3.97. The van der Waals surface area contributed by atoms with Gasteiger partial charge in [0.1, 0.15) is 11.8 Å². The van der Waals surface area contributed by atoms with Crippen LogP contribution in [-0.2, 0) is 4.79 Å². The third kappa shape index (κ3) is 2.02. The van der Waals surface area contributed by atoms with Gasteiger partial charge < -0.3 is 15.2 Å². The maximum absolute atomic E-state index is 10.8. The summed E-state index contributed by atoms with van der Waals surface area (Å²) in [4.78, 5) is 10.8. The predicted octanol–water partition coefficient (Wildman–Crippen LogP) is 1.23. The van der Waals surface area contributed by atoms with Crippen molar-refractivity contribution in [3.8, 4) is 5.75 Å². The van der Waals surface area contributed by atoms with Gasteiger partial charge in [0, 0.05) is 12.5 Å². The maximum Gasteiger partial charge on any atom is 0.320 e. The van der Waals surface area contributed by atoms with Gasteiger partial charge in [-0.15, -0.1) is 0 Å². The Kier molecular flexibility index (Phi) is 3.10. The van der Waals surface area contributed by atoms with Crippen LogP contribution in [-0.4, -0.2) is 30.8 Å². The second kappa shape index (κ2) is 4.53. The van der Waals surface area contributed by atoms with Crippen LogP contribution in [0.1, 0.15) is 17.9 Å². The minimum Gasteiger partial charge on any atom is -0.496 e. The van der Waals surface area contributed by atoms with E-state index in [1.807, 2.05) is 24.3 Å². The first-order valence-electron chi connectivity index (χ1n) is 5.31. The number of carboxylic acid groups (broad SMARTS) is 1. The minimum absolute atomic E-state index is 0.220. The number of aliphatic carboxylic acids is 1. The zero-order valence-corrected chi connectivity index (χ0v) is 9.14. The SMILES string of the molecule is COc1ccccc1[C@@H]1CN[C@H](C(=O)O)C1. The summed E-state index contributed by atoms with van der Waals surface area (Å²) in [7, 11) is 1.63. The molecule has 0 radical (unpaired) electrons. The fourth-order valence-electron chi connectivity index (χ4n) is 2.16. The van der Waals surface area contributed by atoms with Crippen molar-refractivity contribution in [3.05, 3.63) is 29.8 Å². The number of hydrogen-bond donors (Lipinski definition) is 2. The summed E-state index contributed by atoms with van der Waals surface area (Å²) in [5.74, 6) is 0.273. The third-order valence-corrected chi connectivity index (χ3v) is 3.01. The molecular weight excluding hydrogens is 206 g/mol. The van der Waals surface area contributed by atoms with Gasteiger partial charge >= 0.3 is 5.97 Å². The number of carbonyl (C=O) groups is 1. The largest absolute Gasteiger partial charge is 0.496 e. The maximum atomic E-state index is 10.8. The average molecular weight is 221 g/mol. The van der Waals surface area contributed by atoms with E-state index < -0.39 is 12.0 Å². The monoisotopic (exact) mass is 221 g/mol. The summed E-state index contributed by atoms with van der Waals surface area (Å²) in [6, 6.07) is 7.33. The number of benzene rings is 1. The van der Waals surface area contributed by atoms with Gasteiger partial charge in [0.15, 0.2) is 0 Å². The molecule has 1 aliphatic heterocycles. The zero-order valence-electron chi connectivity index (χ0n) is 9.14. The van der Waals surface area contributed by atoms with Crippen LogP contribution in [0, 0.1) is 0 Å². The Bertz CT molecular complexity index is 392. The van der Waals surface area contributed by atoms with Crippen LogP contribution in [0.3, 0.4) is 0 Å². The van der Waals surface area contributed by atoms with Crippen LogP contribution in [0.4, 0.5) is 0 Å². The molecule has 0 unspecified atom stereocenters. The van der Waals surface area contributed by atoms with Crippen molar-refractivity contribution in [2.24, 2.45) is 0 Å². The average Bonchev–Trinajstić information content (AvgIpc) is 2.78. The third-order valence-electron chi connectivity index (χ3n) is 3.01. The molecule has 0 saturated carbocycles. The van der Waals surface area contributed by atoms with Crippen molar-refractivity contribution >= 4 is 5.97 Å². The molecule has 1 heterocycles. The Balaban J connectivity index is 2.17. The fourth-order valence-corrected chi connectivity index (χ4v) is 2.16. The first-order chi connectivity index (χ1) is 7.72. The van der Waals surface area contributed by atoms with Crippen molar-refractivity contribution in [1.82, 2.24) is 5.32 Å². The van der Waals surface area contributed by atoms with Crippen LogP contribution in [0.15, 0.2) is 24.3 Å². The highest BCUT2D eigenvalue weighted by molar-refractivity contribution is 5.74. The number of nitrogens with one attached hydrogen (secondary N) is 1. The lowest BCUT2D eigenvalue weighted by Gasteiger charge is -2.13. The van der Waals surface area contributed by atoms with Crippen molar-refractivity contribution < 1.29 is 14.6 Å². The highest BCUT2D eigenvalue weighted by Gasteiger charge is 2.31. The van der Waals surface area contributed by atoms with Gasteiger partial charge in [0.2, 0.25) is 0 Å². The van der Waals surface area contributed by atoms with E-state index in [-0.39, 0.29) is 5.92 Å². The van der Waals surface area contributed by atoms with Gasteiger partial charge in [0.05, 0.1) is 7.11 Å². The molecule has 0 spiro atoms. The van der Waals surface area contributed by atoms with Crippen LogP contribution in [0.2, 0.25) is 0 Å². The molecule has 0 bridgehead atoms. The summed E-state index contributed by atoms with van der Waals surface area (Å²) in [6.07, 6.45) is 0.621. The van der Waals surface area contributed by atoms with E-state index in [1.54, 1.807) is 7.11 Å². The summed E-state index contributed by atoms with van der Waals surface area (Å²) < 4.78 is 5.28.